The minimum Gasteiger partial charge on any atom is -0.343 e. The van der Waals surface area contributed by atoms with Crippen LogP contribution < -0.4 is 0 Å². The lowest BCUT2D eigenvalue weighted by Gasteiger charge is -2.07. The first kappa shape index (κ1) is 11.0. The third kappa shape index (κ3) is 2.04. The highest BCUT2D eigenvalue weighted by atomic mass is 14.9. The Morgan fingerprint density at radius 3 is 2.69 bits per heavy atom. The van der Waals surface area contributed by atoms with Gasteiger partial charge in [0.1, 0.15) is 0 Å². The predicted octanol–water partition coefficient (Wildman–Crippen LogP) is 4.34. The fourth-order valence-electron chi connectivity index (χ4n) is 2.01. The Kier molecular flexibility index (Phi) is 2.86. The van der Waals surface area contributed by atoms with Gasteiger partial charge in [0.15, 0.2) is 0 Å². The summed E-state index contributed by atoms with van der Waals surface area (Å²) in [5.41, 5.74) is 3.89. The zero-order valence-electron chi connectivity index (χ0n) is 10.3. The summed E-state index contributed by atoms with van der Waals surface area (Å²) in [6, 6.07) is 8.91. The van der Waals surface area contributed by atoms with Crippen LogP contribution in [0.1, 0.15) is 32.3 Å². The van der Waals surface area contributed by atoms with Crippen molar-refractivity contribution in [3.63, 3.8) is 0 Å². The molecule has 0 aliphatic heterocycles. The number of allylic oxidation sites excluding steroid dienone is 1. The summed E-state index contributed by atoms with van der Waals surface area (Å²) in [7, 11) is 0. The molecule has 1 aromatic heterocycles. The fraction of sp³-hybridized carbons (Fsp3) is 0.333. The molecule has 1 heteroatoms. The Balaban J connectivity index is 2.46. The molecule has 0 saturated heterocycles. The Hall–Kier alpha value is -1.50. The van der Waals surface area contributed by atoms with Gasteiger partial charge in [-0.25, -0.2) is 0 Å². The number of rotatable bonds is 3. The number of benzene rings is 1. The summed E-state index contributed by atoms with van der Waals surface area (Å²) in [6.07, 6.45) is 2.14. The zero-order valence-corrected chi connectivity index (χ0v) is 10.3. The molecule has 0 unspecified atom stereocenters. The first-order valence-corrected chi connectivity index (χ1v) is 5.81. The highest BCUT2D eigenvalue weighted by Crippen LogP contribution is 2.22. The second-order valence-electron chi connectivity index (χ2n) is 4.87. The lowest BCUT2D eigenvalue weighted by Crippen LogP contribution is -1.96. The van der Waals surface area contributed by atoms with Crippen molar-refractivity contribution in [2.24, 2.45) is 0 Å². The predicted molar refractivity (Wildman–Crippen MR) is 70.8 cm³/mol. The van der Waals surface area contributed by atoms with Gasteiger partial charge < -0.3 is 4.57 Å². The SMILES string of the molecule is C=C(C)Cn1ccc2cc(C(C)C)ccc21. The summed E-state index contributed by atoms with van der Waals surface area (Å²) in [4.78, 5) is 0. The van der Waals surface area contributed by atoms with Crippen LogP contribution in [0.4, 0.5) is 0 Å². The van der Waals surface area contributed by atoms with E-state index in [4.69, 9.17) is 0 Å². The third-order valence-corrected chi connectivity index (χ3v) is 2.90. The largest absolute Gasteiger partial charge is 0.343 e. The summed E-state index contributed by atoms with van der Waals surface area (Å²) in [5.74, 6) is 0.592. The van der Waals surface area contributed by atoms with Gasteiger partial charge in [0.25, 0.3) is 0 Å². The van der Waals surface area contributed by atoms with Crippen molar-refractivity contribution in [1.82, 2.24) is 4.57 Å². The van der Waals surface area contributed by atoms with E-state index in [0.29, 0.717) is 5.92 Å². The molecule has 0 spiro atoms. The van der Waals surface area contributed by atoms with Crippen LogP contribution in [0.2, 0.25) is 0 Å². The Morgan fingerprint density at radius 1 is 1.31 bits per heavy atom. The van der Waals surface area contributed by atoms with E-state index in [1.165, 1.54) is 22.0 Å². The van der Waals surface area contributed by atoms with Crippen LogP contribution >= 0.6 is 0 Å². The fourth-order valence-corrected chi connectivity index (χ4v) is 2.01. The number of fused-ring (bicyclic) bond motifs is 1. The monoisotopic (exact) mass is 213 g/mol. The maximum atomic E-state index is 3.96. The van der Waals surface area contributed by atoms with E-state index >= 15 is 0 Å². The van der Waals surface area contributed by atoms with Crippen LogP contribution in [0, 0.1) is 0 Å². The lowest BCUT2D eigenvalue weighted by molar-refractivity contribution is 0.821. The zero-order chi connectivity index (χ0) is 11.7. The average molecular weight is 213 g/mol. The first-order valence-electron chi connectivity index (χ1n) is 5.81. The molecule has 0 fully saturated rings. The van der Waals surface area contributed by atoms with Gasteiger partial charge in [-0.05, 0) is 42.0 Å². The maximum Gasteiger partial charge on any atom is 0.0483 e. The van der Waals surface area contributed by atoms with E-state index in [1.54, 1.807) is 0 Å². The van der Waals surface area contributed by atoms with Gasteiger partial charge in [-0.15, -0.1) is 0 Å². The molecule has 0 saturated carbocycles. The molecule has 0 aliphatic rings. The van der Waals surface area contributed by atoms with Crippen molar-refractivity contribution in [3.05, 3.63) is 48.2 Å². The maximum absolute atomic E-state index is 3.96. The topological polar surface area (TPSA) is 4.93 Å². The van der Waals surface area contributed by atoms with E-state index in [2.05, 4.69) is 62.4 Å². The van der Waals surface area contributed by atoms with Gasteiger partial charge in [0, 0.05) is 18.3 Å². The van der Waals surface area contributed by atoms with Gasteiger partial charge in [-0.3, -0.25) is 0 Å². The van der Waals surface area contributed by atoms with Crippen molar-refractivity contribution in [3.8, 4) is 0 Å². The molecule has 0 aliphatic carbocycles. The van der Waals surface area contributed by atoms with E-state index < -0.39 is 0 Å². The second-order valence-corrected chi connectivity index (χ2v) is 4.87. The molecule has 84 valence electrons. The third-order valence-electron chi connectivity index (χ3n) is 2.90. The summed E-state index contributed by atoms with van der Waals surface area (Å²) >= 11 is 0. The normalized spacial score (nSPS) is 11.2. The smallest absolute Gasteiger partial charge is 0.0483 e. The van der Waals surface area contributed by atoms with Gasteiger partial charge in [-0.1, -0.05) is 32.1 Å². The Morgan fingerprint density at radius 2 is 2.06 bits per heavy atom. The molecule has 2 rings (SSSR count). The minimum atomic E-state index is 0.592. The van der Waals surface area contributed by atoms with Crippen LogP contribution in [-0.2, 0) is 6.54 Å². The molecule has 0 N–H and O–H groups in total. The van der Waals surface area contributed by atoms with Crippen molar-refractivity contribution in [1.29, 1.82) is 0 Å². The lowest BCUT2D eigenvalue weighted by atomic mass is 10.0. The van der Waals surface area contributed by atoms with E-state index in [0.717, 1.165) is 6.54 Å². The van der Waals surface area contributed by atoms with E-state index in [1.807, 2.05) is 0 Å². The van der Waals surface area contributed by atoms with Crippen LogP contribution in [-0.4, -0.2) is 4.57 Å². The highest BCUT2D eigenvalue weighted by molar-refractivity contribution is 5.81. The highest BCUT2D eigenvalue weighted by Gasteiger charge is 2.04. The van der Waals surface area contributed by atoms with Crippen molar-refractivity contribution in [2.45, 2.75) is 33.2 Å². The first-order chi connectivity index (χ1) is 7.58. The van der Waals surface area contributed by atoms with Crippen LogP contribution in [0.15, 0.2) is 42.6 Å². The van der Waals surface area contributed by atoms with Crippen LogP contribution in [0.3, 0.4) is 0 Å². The summed E-state index contributed by atoms with van der Waals surface area (Å²) in [6.45, 7) is 11.4. The Labute approximate surface area is 97.4 Å². The number of hydrogen-bond donors (Lipinski definition) is 0. The molecule has 0 amide bonds. The van der Waals surface area contributed by atoms with Crippen LogP contribution in [0.5, 0.6) is 0 Å². The molecule has 1 nitrogen and oxygen atoms in total. The molecule has 1 heterocycles. The van der Waals surface area contributed by atoms with Gasteiger partial charge in [0.2, 0.25) is 0 Å². The Bertz CT molecular complexity index is 517. The van der Waals surface area contributed by atoms with Gasteiger partial charge >= 0.3 is 0 Å². The molecular weight excluding hydrogens is 194 g/mol. The standard InChI is InChI=1S/C15H19N/c1-11(2)10-16-8-7-14-9-13(12(3)4)5-6-15(14)16/h5-9,12H,1,10H2,2-4H3. The van der Waals surface area contributed by atoms with E-state index in [9.17, 15) is 0 Å². The van der Waals surface area contributed by atoms with Crippen LogP contribution in [0.25, 0.3) is 10.9 Å². The van der Waals surface area contributed by atoms with E-state index in [-0.39, 0.29) is 0 Å². The number of hydrogen-bond acceptors (Lipinski definition) is 0. The molecule has 0 radical (unpaired) electrons. The number of aromatic nitrogens is 1. The van der Waals surface area contributed by atoms with Gasteiger partial charge in [0.05, 0.1) is 0 Å². The molecule has 0 bridgehead atoms. The van der Waals surface area contributed by atoms with Crippen molar-refractivity contribution >= 4 is 10.9 Å². The van der Waals surface area contributed by atoms with Crippen molar-refractivity contribution in [2.75, 3.05) is 0 Å². The molecular formula is C15H19N. The quantitative estimate of drug-likeness (QED) is 0.668. The molecule has 16 heavy (non-hydrogen) atoms. The van der Waals surface area contributed by atoms with Crippen molar-refractivity contribution < 1.29 is 0 Å². The molecule has 1 aromatic carbocycles. The van der Waals surface area contributed by atoms with Gasteiger partial charge in [-0.2, -0.15) is 0 Å². The molecule has 2 aromatic rings. The minimum absolute atomic E-state index is 0.592. The summed E-state index contributed by atoms with van der Waals surface area (Å²) in [5, 5.41) is 1.33. The summed E-state index contributed by atoms with van der Waals surface area (Å²) < 4.78 is 2.25. The second kappa shape index (κ2) is 4.17. The average Bonchev–Trinajstić information content (AvgIpc) is 2.60. The molecule has 0 atom stereocenters. The number of nitrogens with zero attached hydrogens (tertiary/aromatic N) is 1.